The predicted octanol–water partition coefficient (Wildman–Crippen LogP) is 6.14. The number of benzene rings is 2. The molecule has 2 aromatic carbocycles. The van der Waals surface area contributed by atoms with Crippen LogP contribution in [0.3, 0.4) is 0 Å². The number of unbranched alkanes of at least 4 members (excludes halogenated alkanes) is 1. The lowest BCUT2D eigenvalue weighted by molar-refractivity contribution is 0.804. The van der Waals surface area contributed by atoms with Gasteiger partial charge in [0.15, 0.2) is 0 Å². The normalized spacial score (nSPS) is 12.6. The van der Waals surface area contributed by atoms with Gasteiger partial charge in [-0.2, -0.15) is 0 Å². The number of nitrogens with zero attached hydrogens (tertiary/aromatic N) is 2. The van der Waals surface area contributed by atoms with E-state index in [0.717, 1.165) is 16.7 Å². The van der Waals surface area contributed by atoms with Crippen LogP contribution in [0.25, 0.3) is 10.9 Å². The zero-order valence-corrected chi connectivity index (χ0v) is 16.9. The molecule has 4 rings (SSSR count). The van der Waals surface area contributed by atoms with Gasteiger partial charge in [0.25, 0.3) is 0 Å². The summed E-state index contributed by atoms with van der Waals surface area (Å²) in [6, 6.07) is 19.0. The fraction of sp³-hybridized carbons (Fsp3) is 0.286. The zero-order valence-electron chi connectivity index (χ0n) is 14.5. The van der Waals surface area contributed by atoms with Crippen LogP contribution in [-0.4, -0.2) is 23.2 Å². The Labute approximate surface area is 162 Å². The molecule has 0 amide bonds. The molecule has 2 nitrogen and oxygen atoms in total. The maximum absolute atomic E-state index is 4.18. The molecule has 25 heavy (non-hydrogen) atoms. The highest BCUT2D eigenvalue weighted by Gasteiger charge is 2.15. The summed E-state index contributed by atoms with van der Waals surface area (Å²) < 4.78 is 0. The molecule has 1 aliphatic rings. The van der Waals surface area contributed by atoms with Gasteiger partial charge in [0, 0.05) is 28.9 Å². The SMILES string of the molecule is CN1CSc2cc(CCCCBr)ccc21.c1ccc2ncccc2c1. The maximum atomic E-state index is 4.18. The molecule has 0 fully saturated rings. The standard InChI is InChI=1S/C12H16BrNS.C9H7N/c1-14-9-15-12-8-10(4-2-3-7-13)5-6-11(12)14;1-2-6-9-8(4-1)5-3-7-10-9/h5-6,8H,2-4,7,9H2,1H3;1-7H. The first-order valence-electron chi connectivity index (χ1n) is 8.60. The number of thioether (sulfide) groups is 1. The Kier molecular flexibility index (Phi) is 6.76. The average molecular weight is 415 g/mol. The smallest absolute Gasteiger partial charge is 0.0701 e. The number of hydrogen-bond donors (Lipinski definition) is 0. The van der Waals surface area contributed by atoms with Crippen LogP contribution in [0.2, 0.25) is 0 Å². The van der Waals surface area contributed by atoms with E-state index in [4.69, 9.17) is 0 Å². The highest BCUT2D eigenvalue weighted by molar-refractivity contribution is 9.09. The molecule has 0 unspecified atom stereocenters. The molecular weight excluding hydrogens is 392 g/mol. The molecule has 0 saturated heterocycles. The van der Waals surface area contributed by atoms with Crippen LogP contribution in [0.5, 0.6) is 0 Å². The summed E-state index contributed by atoms with van der Waals surface area (Å²) in [5.74, 6) is 1.10. The fourth-order valence-corrected chi connectivity index (χ4v) is 4.30. The quantitative estimate of drug-likeness (QED) is 0.376. The third-order valence-corrected chi connectivity index (χ3v) is 5.93. The van der Waals surface area contributed by atoms with Crippen molar-refractivity contribution < 1.29 is 0 Å². The monoisotopic (exact) mass is 414 g/mol. The predicted molar refractivity (Wildman–Crippen MR) is 114 cm³/mol. The van der Waals surface area contributed by atoms with Crippen LogP contribution in [0, 0.1) is 0 Å². The molecular formula is C21H23BrN2S. The van der Waals surface area contributed by atoms with Crippen molar-refractivity contribution in [1.82, 2.24) is 4.98 Å². The minimum Gasteiger partial charge on any atom is -0.364 e. The van der Waals surface area contributed by atoms with E-state index in [1.54, 1.807) is 0 Å². The second kappa shape index (κ2) is 9.25. The number of alkyl halides is 1. The molecule has 4 heteroatoms. The van der Waals surface area contributed by atoms with Crippen LogP contribution in [0.1, 0.15) is 18.4 Å². The topological polar surface area (TPSA) is 16.1 Å². The van der Waals surface area contributed by atoms with Gasteiger partial charge in [0.05, 0.1) is 17.1 Å². The van der Waals surface area contributed by atoms with E-state index in [1.165, 1.54) is 40.8 Å². The number of fused-ring (bicyclic) bond motifs is 2. The van der Waals surface area contributed by atoms with Crippen molar-refractivity contribution in [2.24, 2.45) is 0 Å². The van der Waals surface area contributed by atoms with E-state index in [9.17, 15) is 0 Å². The molecule has 0 atom stereocenters. The van der Waals surface area contributed by atoms with Crippen LogP contribution in [0.15, 0.2) is 65.7 Å². The van der Waals surface area contributed by atoms with Gasteiger partial charge in [-0.25, -0.2) is 0 Å². The number of aryl methyl sites for hydroxylation is 1. The number of halogens is 1. The van der Waals surface area contributed by atoms with E-state index >= 15 is 0 Å². The third-order valence-electron chi connectivity index (χ3n) is 4.21. The van der Waals surface area contributed by atoms with Gasteiger partial charge in [-0.3, -0.25) is 4.98 Å². The average Bonchev–Trinajstić information content (AvgIpc) is 3.03. The van der Waals surface area contributed by atoms with E-state index in [2.05, 4.69) is 63.2 Å². The lowest BCUT2D eigenvalue weighted by Crippen LogP contribution is -2.10. The van der Waals surface area contributed by atoms with Crippen LogP contribution in [0.4, 0.5) is 5.69 Å². The Balaban J connectivity index is 0.000000157. The first kappa shape index (κ1) is 18.3. The summed E-state index contributed by atoms with van der Waals surface area (Å²) in [6.45, 7) is 0. The number of pyridine rings is 1. The van der Waals surface area contributed by atoms with Gasteiger partial charge in [0.1, 0.15) is 0 Å². The van der Waals surface area contributed by atoms with Crippen LogP contribution >= 0.6 is 27.7 Å². The minimum absolute atomic E-state index is 1.06. The summed E-state index contributed by atoms with van der Waals surface area (Å²) in [7, 11) is 2.16. The van der Waals surface area contributed by atoms with Crippen LogP contribution < -0.4 is 4.90 Å². The summed E-state index contributed by atoms with van der Waals surface area (Å²) in [4.78, 5) is 7.94. The summed E-state index contributed by atoms with van der Waals surface area (Å²) in [5, 5.41) is 2.32. The minimum atomic E-state index is 1.06. The third kappa shape index (κ3) is 4.99. The molecule has 3 aromatic rings. The van der Waals surface area contributed by atoms with Gasteiger partial charge >= 0.3 is 0 Å². The summed E-state index contributed by atoms with van der Waals surface area (Å²) >= 11 is 5.42. The molecule has 1 aliphatic heterocycles. The van der Waals surface area contributed by atoms with E-state index in [0.29, 0.717) is 0 Å². The van der Waals surface area contributed by atoms with Crippen molar-refractivity contribution >= 4 is 44.3 Å². The van der Waals surface area contributed by atoms with Gasteiger partial charge in [-0.05, 0) is 49.1 Å². The molecule has 0 radical (unpaired) electrons. The Morgan fingerprint density at radius 3 is 2.76 bits per heavy atom. The fourth-order valence-electron chi connectivity index (χ4n) is 2.82. The van der Waals surface area contributed by atoms with Crippen molar-refractivity contribution in [2.45, 2.75) is 24.2 Å². The summed E-state index contributed by atoms with van der Waals surface area (Å²) in [6.07, 6.45) is 5.57. The first-order chi connectivity index (χ1) is 12.3. The number of aromatic nitrogens is 1. The highest BCUT2D eigenvalue weighted by Crippen LogP contribution is 2.37. The second-order valence-electron chi connectivity index (χ2n) is 6.12. The highest BCUT2D eigenvalue weighted by atomic mass is 79.9. The Morgan fingerprint density at radius 2 is 1.92 bits per heavy atom. The van der Waals surface area contributed by atoms with E-state index in [1.807, 2.05) is 42.2 Å². The molecule has 0 aliphatic carbocycles. The molecule has 130 valence electrons. The lowest BCUT2D eigenvalue weighted by atomic mass is 10.1. The number of para-hydroxylation sites is 1. The molecule has 0 bridgehead atoms. The van der Waals surface area contributed by atoms with Crippen LogP contribution in [-0.2, 0) is 6.42 Å². The second-order valence-corrected chi connectivity index (χ2v) is 7.90. The van der Waals surface area contributed by atoms with Gasteiger partial charge in [-0.1, -0.05) is 46.3 Å². The Morgan fingerprint density at radius 1 is 1.08 bits per heavy atom. The molecule has 0 N–H and O–H groups in total. The van der Waals surface area contributed by atoms with Gasteiger partial charge in [-0.15, -0.1) is 11.8 Å². The van der Waals surface area contributed by atoms with Gasteiger partial charge < -0.3 is 4.90 Å². The van der Waals surface area contributed by atoms with Crippen molar-refractivity contribution in [3.05, 3.63) is 66.4 Å². The molecule has 2 heterocycles. The van der Waals surface area contributed by atoms with Crippen molar-refractivity contribution in [3.63, 3.8) is 0 Å². The van der Waals surface area contributed by atoms with Gasteiger partial charge in [0.2, 0.25) is 0 Å². The molecule has 0 spiro atoms. The maximum Gasteiger partial charge on any atom is 0.0701 e. The largest absolute Gasteiger partial charge is 0.364 e. The first-order valence-corrected chi connectivity index (χ1v) is 10.7. The van der Waals surface area contributed by atoms with Crippen molar-refractivity contribution in [2.75, 3.05) is 23.2 Å². The lowest BCUT2D eigenvalue weighted by Gasteiger charge is -2.10. The molecule has 1 aromatic heterocycles. The number of hydrogen-bond acceptors (Lipinski definition) is 3. The van der Waals surface area contributed by atoms with E-state index in [-0.39, 0.29) is 0 Å². The zero-order chi connectivity index (χ0) is 17.5. The Bertz CT molecular complexity index is 756. The summed E-state index contributed by atoms with van der Waals surface area (Å²) in [5.41, 5.74) is 3.94. The number of rotatable bonds is 4. The molecule has 0 saturated carbocycles. The Hall–Kier alpha value is -1.52. The van der Waals surface area contributed by atoms with Crippen molar-refractivity contribution in [1.29, 1.82) is 0 Å². The number of anilines is 1. The van der Waals surface area contributed by atoms with Crippen molar-refractivity contribution in [3.8, 4) is 0 Å². The van der Waals surface area contributed by atoms with E-state index < -0.39 is 0 Å².